The molecule has 0 unspecified atom stereocenters. The Labute approximate surface area is 174 Å². The number of aryl methyl sites for hydroxylation is 1. The van der Waals surface area contributed by atoms with Crippen LogP contribution in [0.25, 0.3) is 21.3 Å². The number of H-pyrrole nitrogens is 1. The first-order valence-corrected chi connectivity index (χ1v) is 10.7. The minimum Gasteiger partial charge on any atom is -0.301 e. The monoisotopic (exact) mass is 432 g/mol. The lowest BCUT2D eigenvalue weighted by molar-refractivity contribution is 0.980. The van der Waals surface area contributed by atoms with Gasteiger partial charge in [-0.15, -0.1) is 11.3 Å². The summed E-state index contributed by atoms with van der Waals surface area (Å²) in [5.41, 5.74) is 2.82. The summed E-state index contributed by atoms with van der Waals surface area (Å²) in [5, 5.41) is 2.44. The third-order valence-electron chi connectivity index (χ3n) is 4.16. The number of aromatic nitrogens is 2. The topological polar surface area (TPSA) is 45.8 Å². The van der Waals surface area contributed by atoms with Gasteiger partial charge in [-0.2, -0.15) is 0 Å². The predicted molar refractivity (Wildman–Crippen MR) is 116 cm³/mol. The van der Waals surface area contributed by atoms with Gasteiger partial charge in [0.15, 0.2) is 5.16 Å². The van der Waals surface area contributed by atoms with Crippen LogP contribution in [0.1, 0.15) is 10.4 Å². The third-order valence-corrected chi connectivity index (χ3v) is 6.67. The first-order chi connectivity index (χ1) is 13.0. The molecule has 0 atom stereocenters. The molecule has 0 aliphatic heterocycles. The molecule has 0 saturated heterocycles. The van der Waals surface area contributed by atoms with Gasteiger partial charge in [-0.25, -0.2) is 4.98 Å². The first kappa shape index (κ1) is 18.6. The second-order valence-electron chi connectivity index (χ2n) is 5.97. The number of fused-ring (bicyclic) bond motifs is 1. The van der Waals surface area contributed by atoms with E-state index in [0.717, 1.165) is 26.4 Å². The van der Waals surface area contributed by atoms with Gasteiger partial charge in [0.1, 0.15) is 4.83 Å². The van der Waals surface area contributed by atoms with Crippen LogP contribution in [0.5, 0.6) is 0 Å². The van der Waals surface area contributed by atoms with E-state index in [4.69, 9.17) is 23.2 Å². The van der Waals surface area contributed by atoms with Crippen LogP contribution in [0.4, 0.5) is 0 Å². The van der Waals surface area contributed by atoms with E-state index in [1.807, 2.05) is 43.3 Å². The zero-order valence-electron chi connectivity index (χ0n) is 14.3. The van der Waals surface area contributed by atoms with Crippen LogP contribution in [0.2, 0.25) is 10.0 Å². The summed E-state index contributed by atoms with van der Waals surface area (Å²) in [6, 6.07) is 15.3. The van der Waals surface area contributed by atoms with Gasteiger partial charge in [0.25, 0.3) is 5.56 Å². The maximum atomic E-state index is 12.8. The van der Waals surface area contributed by atoms with Crippen LogP contribution >= 0.6 is 46.3 Å². The van der Waals surface area contributed by atoms with Crippen molar-refractivity contribution in [2.75, 3.05) is 0 Å². The smallest absolute Gasteiger partial charge is 0.260 e. The zero-order valence-corrected chi connectivity index (χ0v) is 17.4. The molecule has 0 radical (unpaired) electrons. The average Bonchev–Trinajstić information content (AvgIpc) is 2.98. The Morgan fingerprint density at radius 3 is 2.67 bits per heavy atom. The lowest BCUT2D eigenvalue weighted by Gasteiger charge is -2.05. The quantitative estimate of drug-likeness (QED) is 0.293. The summed E-state index contributed by atoms with van der Waals surface area (Å²) in [5.74, 6) is 0.598. The Kier molecular flexibility index (Phi) is 5.28. The standard InChI is InChI=1S/C20H14Cl2N2OS2/c1-11-16(12-5-3-2-4-6-12)17-18(25)23-20(24-19(17)27-11)26-10-13-7-8-14(21)9-15(13)22/h2-9H,10H2,1H3,(H,23,24,25). The van der Waals surface area contributed by atoms with E-state index in [-0.39, 0.29) is 5.56 Å². The second-order valence-corrected chi connectivity index (χ2v) is 8.99. The van der Waals surface area contributed by atoms with E-state index in [2.05, 4.69) is 9.97 Å². The summed E-state index contributed by atoms with van der Waals surface area (Å²) in [7, 11) is 0. The number of thiophene rings is 1. The largest absolute Gasteiger partial charge is 0.301 e. The number of halogens is 2. The minimum absolute atomic E-state index is 0.118. The van der Waals surface area contributed by atoms with E-state index in [1.54, 1.807) is 23.5 Å². The van der Waals surface area contributed by atoms with Gasteiger partial charge in [-0.1, -0.05) is 71.4 Å². The van der Waals surface area contributed by atoms with Crippen molar-refractivity contribution in [3.63, 3.8) is 0 Å². The highest BCUT2D eigenvalue weighted by Crippen LogP contribution is 2.36. The summed E-state index contributed by atoms with van der Waals surface area (Å²) >= 11 is 15.2. The maximum Gasteiger partial charge on any atom is 0.260 e. The molecule has 4 rings (SSSR count). The third kappa shape index (κ3) is 3.78. The molecule has 7 heteroatoms. The van der Waals surface area contributed by atoms with Crippen LogP contribution in [0.3, 0.4) is 0 Å². The van der Waals surface area contributed by atoms with Gasteiger partial charge in [0.2, 0.25) is 0 Å². The number of aromatic amines is 1. The number of hydrogen-bond acceptors (Lipinski definition) is 4. The molecule has 4 aromatic rings. The Hall–Kier alpha value is -1.79. The van der Waals surface area contributed by atoms with E-state index >= 15 is 0 Å². The van der Waals surface area contributed by atoms with Crippen molar-refractivity contribution in [1.29, 1.82) is 0 Å². The van der Waals surface area contributed by atoms with E-state index in [1.165, 1.54) is 11.8 Å². The van der Waals surface area contributed by atoms with Gasteiger partial charge in [0, 0.05) is 26.2 Å². The summed E-state index contributed by atoms with van der Waals surface area (Å²) < 4.78 is 0. The maximum absolute atomic E-state index is 12.8. The fourth-order valence-electron chi connectivity index (χ4n) is 2.90. The molecule has 0 spiro atoms. The van der Waals surface area contributed by atoms with Crippen LogP contribution in [-0.2, 0) is 5.75 Å². The number of benzene rings is 2. The highest BCUT2D eigenvalue weighted by molar-refractivity contribution is 7.98. The Balaban J connectivity index is 1.70. The molecule has 27 heavy (non-hydrogen) atoms. The van der Waals surface area contributed by atoms with Gasteiger partial charge >= 0.3 is 0 Å². The van der Waals surface area contributed by atoms with Gasteiger partial charge < -0.3 is 4.98 Å². The molecular weight excluding hydrogens is 419 g/mol. The summed E-state index contributed by atoms with van der Waals surface area (Å²) in [6.07, 6.45) is 0. The van der Waals surface area contributed by atoms with Gasteiger partial charge in [0.05, 0.1) is 5.39 Å². The van der Waals surface area contributed by atoms with Gasteiger partial charge in [-0.05, 0) is 30.2 Å². The zero-order chi connectivity index (χ0) is 19.0. The fourth-order valence-corrected chi connectivity index (χ4v) is 5.43. The van der Waals surface area contributed by atoms with Crippen molar-refractivity contribution in [1.82, 2.24) is 9.97 Å². The second kappa shape index (κ2) is 7.68. The molecule has 136 valence electrons. The Morgan fingerprint density at radius 2 is 1.93 bits per heavy atom. The molecule has 0 aliphatic carbocycles. The van der Waals surface area contributed by atoms with Crippen molar-refractivity contribution >= 4 is 56.5 Å². The number of nitrogens with one attached hydrogen (secondary N) is 1. The van der Waals surface area contributed by atoms with E-state index < -0.39 is 0 Å². The molecule has 3 nitrogen and oxygen atoms in total. The summed E-state index contributed by atoms with van der Waals surface area (Å²) in [4.78, 5) is 22.2. The van der Waals surface area contributed by atoms with Crippen molar-refractivity contribution < 1.29 is 0 Å². The SMILES string of the molecule is Cc1sc2nc(SCc3ccc(Cl)cc3Cl)[nH]c(=O)c2c1-c1ccccc1. The lowest BCUT2D eigenvalue weighted by Crippen LogP contribution is -2.08. The summed E-state index contributed by atoms with van der Waals surface area (Å²) in [6.45, 7) is 2.02. The number of rotatable bonds is 4. The van der Waals surface area contributed by atoms with Crippen LogP contribution in [0, 0.1) is 6.92 Å². The highest BCUT2D eigenvalue weighted by Gasteiger charge is 2.16. The molecule has 0 saturated carbocycles. The number of thioether (sulfide) groups is 1. The fraction of sp³-hybridized carbons (Fsp3) is 0.100. The van der Waals surface area contributed by atoms with Crippen molar-refractivity contribution in [3.05, 3.63) is 79.4 Å². The highest BCUT2D eigenvalue weighted by atomic mass is 35.5. The molecule has 1 N–H and O–H groups in total. The van der Waals surface area contributed by atoms with Crippen molar-refractivity contribution in [2.45, 2.75) is 17.8 Å². The van der Waals surface area contributed by atoms with E-state index in [0.29, 0.717) is 26.3 Å². The molecule has 2 aromatic carbocycles. The number of hydrogen-bond donors (Lipinski definition) is 1. The first-order valence-electron chi connectivity index (χ1n) is 8.18. The molecule has 0 bridgehead atoms. The Morgan fingerprint density at radius 1 is 1.15 bits per heavy atom. The molecule has 2 heterocycles. The van der Waals surface area contributed by atoms with Crippen molar-refractivity contribution in [2.24, 2.45) is 0 Å². The molecule has 0 aliphatic rings. The average molecular weight is 433 g/mol. The normalized spacial score (nSPS) is 11.2. The van der Waals surface area contributed by atoms with Crippen LogP contribution in [-0.4, -0.2) is 9.97 Å². The molecule has 2 aromatic heterocycles. The molecular formula is C20H14Cl2N2OS2. The van der Waals surface area contributed by atoms with Crippen LogP contribution in [0.15, 0.2) is 58.5 Å². The Bertz CT molecular complexity index is 1190. The molecule has 0 amide bonds. The number of nitrogens with zero attached hydrogens (tertiary/aromatic N) is 1. The van der Waals surface area contributed by atoms with Crippen LogP contribution < -0.4 is 5.56 Å². The van der Waals surface area contributed by atoms with E-state index in [9.17, 15) is 4.79 Å². The lowest BCUT2D eigenvalue weighted by atomic mass is 10.0. The molecule has 0 fully saturated rings. The van der Waals surface area contributed by atoms with Crippen molar-refractivity contribution in [3.8, 4) is 11.1 Å². The van der Waals surface area contributed by atoms with Gasteiger partial charge in [-0.3, -0.25) is 4.79 Å². The minimum atomic E-state index is -0.118. The predicted octanol–water partition coefficient (Wildman–Crippen LogP) is 6.56.